The first-order chi connectivity index (χ1) is 8.58. The van der Waals surface area contributed by atoms with Gasteiger partial charge in [-0.15, -0.1) is 0 Å². The SMILES string of the molecule is Cc1ccc(-c2c(F)cccc2OC(C)C)nn1. The minimum absolute atomic E-state index is 0.0241. The Balaban J connectivity index is 2.51. The summed E-state index contributed by atoms with van der Waals surface area (Å²) >= 11 is 0. The summed E-state index contributed by atoms with van der Waals surface area (Å²) < 4.78 is 19.5. The molecule has 1 aromatic heterocycles. The molecule has 0 saturated carbocycles. The number of aryl methyl sites for hydroxylation is 1. The second kappa shape index (κ2) is 5.12. The van der Waals surface area contributed by atoms with Crippen molar-refractivity contribution in [2.45, 2.75) is 26.9 Å². The molecule has 0 radical (unpaired) electrons. The molecule has 0 fully saturated rings. The summed E-state index contributed by atoms with van der Waals surface area (Å²) in [6.45, 7) is 5.63. The van der Waals surface area contributed by atoms with E-state index in [2.05, 4.69) is 10.2 Å². The van der Waals surface area contributed by atoms with Crippen LogP contribution in [0.1, 0.15) is 19.5 Å². The fourth-order valence-electron chi connectivity index (χ4n) is 1.64. The van der Waals surface area contributed by atoms with E-state index in [1.807, 2.05) is 20.8 Å². The van der Waals surface area contributed by atoms with E-state index in [0.29, 0.717) is 17.0 Å². The Labute approximate surface area is 106 Å². The van der Waals surface area contributed by atoms with Crippen LogP contribution in [0.3, 0.4) is 0 Å². The van der Waals surface area contributed by atoms with Crippen LogP contribution in [0.25, 0.3) is 11.3 Å². The Hall–Kier alpha value is -1.97. The highest BCUT2D eigenvalue weighted by Crippen LogP contribution is 2.31. The van der Waals surface area contributed by atoms with Crippen LogP contribution in [-0.2, 0) is 0 Å². The monoisotopic (exact) mass is 246 g/mol. The Morgan fingerprint density at radius 3 is 2.50 bits per heavy atom. The number of halogens is 1. The lowest BCUT2D eigenvalue weighted by molar-refractivity contribution is 0.242. The van der Waals surface area contributed by atoms with Crippen molar-refractivity contribution in [2.24, 2.45) is 0 Å². The number of nitrogens with zero attached hydrogens (tertiary/aromatic N) is 2. The van der Waals surface area contributed by atoms with Crippen LogP contribution in [0.5, 0.6) is 5.75 Å². The molecule has 0 atom stereocenters. The highest BCUT2D eigenvalue weighted by atomic mass is 19.1. The topological polar surface area (TPSA) is 35.0 Å². The molecule has 94 valence electrons. The molecular weight excluding hydrogens is 231 g/mol. The van der Waals surface area contributed by atoms with Crippen molar-refractivity contribution < 1.29 is 9.13 Å². The fourth-order valence-corrected chi connectivity index (χ4v) is 1.64. The van der Waals surface area contributed by atoms with E-state index in [1.54, 1.807) is 24.3 Å². The average Bonchev–Trinajstić information content (AvgIpc) is 2.30. The van der Waals surface area contributed by atoms with Crippen molar-refractivity contribution in [3.8, 4) is 17.0 Å². The van der Waals surface area contributed by atoms with E-state index in [1.165, 1.54) is 6.07 Å². The van der Waals surface area contributed by atoms with E-state index in [-0.39, 0.29) is 11.9 Å². The minimum atomic E-state index is -0.355. The molecule has 0 N–H and O–H groups in total. The summed E-state index contributed by atoms with van der Waals surface area (Å²) in [6.07, 6.45) is -0.0241. The molecule has 0 saturated heterocycles. The van der Waals surface area contributed by atoms with Crippen LogP contribution in [-0.4, -0.2) is 16.3 Å². The fraction of sp³-hybridized carbons (Fsp3) is 0.286. The van der Waals surface area contributed by atoms with Gasteiger partial charge in [0.05, 0.1) is 23.1 Å². The molecule has 0 unspecified atom stereocenters. The first-order valence-electron chi connectivity index (χ1n) is 5.84. The smallest absolute Gasteiger partial charge is 0.136 e. The molecule has 0 amide bonds. The van der Waals surface area contributed by atoms with Crippen molar-refractivity contribution in [1.82, 2.24) is 10.2 Å². The van der Waals surface area contributed by atoms with Gasteiger partial charge in [-0.1, -0.05) is 6.07 Å². The average molecular weight is 246 g/mol. The maximum Gasteiger partial charge on any atom is 0.136 e. The Bertz CT molecular complexity index is 538. The summed E-state index contributed by atoms with van der Waals surface area (Å²) in [5.41, 5.74) is 1.63. The molecule has 2 rings (SSSR count). The van der Waals surface area contributed by atoms with Crippen molar-refractivity contribution in [3.05, 3.63) is 41.8 Å². The number of ether oxygens (including phenoxy) is 1. The third-order valence-corrected chi connectivity index (χ3v) is 2.39. The summed E-state index contributed by atoms with van der Waals surface area (Å²) in [4.78, 5) is 0. The van der Waals surface area contributed by atoms with E-state index in [0.717, 1.165) is 5.69 Å². The number of rotatable bonds is 3. The van der Waals surface area contributed by atoms with Crippen LogP contribution in [0, 0.1) is 12.7 Å². The minimum Gasteiger partial charge on any atom is -0.490 e. The molecule has 0 aliphatic carbocycles. The zero-order valence-corrected chi connectivity index (χ0v) is 10.6. The predicted molar refractivity (Wildman–Crippen MR) is 67.9 cm³/mol. The van der Waals surface area contributed by atoms with Gasteiger partial charge < -0.3 is 4.74 Å². The van der Waals surface area contributed by atoms with E-state index < -0.39 is 0 Å². The second-order valence-corrected chi connectivity index (χ2v) is 4.34. The van der Waals surface area contributed by atoms with Gasteiger partial charge in [0.15, 0.2) is 0 Å². The van der Waals surface area contributed by atoms with Gasteiger partial charge >= 0.3 is 0 Å². The molecular formula is C14H15FN2O. The molecule has 18 heavy (non-hydrogen) atoms. The standard InChI is InChI=1S/C14H15FN2O/c1-9(2)18-13-6-4-5-11(15)14(13)12-8-7-10(3)16-17-12/h4-9H,1-3H3. The third-order valence-electron chi connectivity index (χ3n) is 2.39. The van der Waals surface area contributed by atoms with Crippen LogP contribution in [0.2, 0.25) is 0 Å². The molecule has 0 aliphatic rings. The Morgan fingerprint density at radius 1 is 1.11 bits per heavy atom. The lowest BCUT2D eigenvalue weighted by Crippen LogP contribution is -2.07. The molecule has 4 heteroatoms. The van der Waals surface area contributed by atoms with E-state index in [9.17, 15) is 4.39 Å². The number of hydrogen-bond acceptors (Lipinski definition) is 3. The van der Waals surface area contributed by atoms with Crippen molar-refractivity contribution >= 4 is 0 Å². The van der Waals surface area contributed by atoms with Crippen molar-refractivity contribution in [1.29, 1.82) is 0 Å². The normalized spacial score (nSPS) is 10.7. The van der Waals surface area contributed by atoms with Crippen molar-refractivity contribution in [3.63, 3.8) is 0 Å². The van der Waals surface area contributed by atoms with Crippen LogP contribution < -0.4 is 4.74 Å². The predicted octanol–water partition coefficient (Wildman–Crippen LogP) is 3.38. The lowest BCUT2D eigenvalue weighted by Gasteiger charge is -2.14. The summed E-state index contributed by atoms with van der Waals surface area (Å²) in [5.74, 6) is 0.134. The highest BCUT2D eigenvalue weighted by Gasteiger charge is 2.14. The summed E-state index contributed by atoms with van der Waals surface area (Å²) in [6, 6.07) is 8.30. The Kier molecular flexibility index (Phi) is 3.55. The summed E-state index contributed by atoms with van der Waals surface area (Å²) in [5, 5.41) is 7.95. The largest absolute Gasteiger partial charge is 0.490 e. The first-order valence-corrected chi connectivity index (χ1v) is 5.84. The zero-order valence-electron chi connectivity index (χ0n) is 10.6. The highest BCUT2D eigenvalue weighted by molar-refractivity contribution is 5.67. The molecule has 1 heterocycles. The van der Waals surface area contributed by atoms with E-state index >= 15 is 0 Å². The molecule has 2 aromatic rings. The van der Waals surface area contributed by atoms with Gasteiger partial charge in [-0.3, -0.25) is 0 Å². The van der Waals surface area contributed by atoms with Crippen LogP contribution in [0.4, 0.5) is 4.39 Å². The molecule has 1 aromatic carbocycles. The van der Waals surface area contributed by atoms with Gasteiger partial charge in [0.1, 0.15) is 11.6 Å². The second-order valence-electron chi connectivity index (χ2n) is 4.34. The number of benzene rings is 1. The maximum atomic E-state index is 13.9. The Morgan fingerprint density at radius 2 is 1.89 bits per heavy atom. The quantitative estimate of drug-likeness (QED) is 0.832. The van der Waals surface area contributed by atoms with Gasteiger partial charge in [0, 0.05) is 0 Å². The lowest BCUT2D eigenvalue weighted by atomic mass is 10.1. The van der Waals surface area contributed by atoms with Gasteiger partial charge in [-0.05, 0) is 45.0 Å². The number of hydrogen-bond donors (Lipinski definition) is 0. The molecule has 0 aliphatic heterocycles. The van der Waals surface area contributed by atoms with Gasteiger partial charge in [-0.2, -0.15) is 10.2 Å². The van der Waals surface area contributed by atoms with Crippen LogP contribution in [0.15, 0.2) is 30.3 Å². The van der Waals surface area contributed by atoms with Crippen LogP contribution >= 0.6 is 0 Å². The van der Waals surface area contributed by atoms with E-state index in [4.69, 9.17) is 4.74 Å². The van der Waals surface area contributed by atoms with Gasteiger partial charge in [0.2, 0.25) is 0 Å². The first kappa shape index (κ1) is 12.5. The van der Waals surface area contributed by atoms with Gasteiger partial charge in [-0.25, -0.2) is 4.39 Å². The maximum absolute atomic E-state index is 13.9. The van der Waals surface area contributed by atoms with Gasteiger partial charge in [0.25, 0.3) is 0 Å². The number of aromatic nitrogens is 2. The molecule has 0 spiro atoms. The third kappa shape index (κ3) is 2.64. The molecule has 0 bridgehead atoms. The molecule has 3 nitrogen and oxygen atoms in total. The summed E-state index contributed by atoms with van der Waals surface area (Å²) in [7, 11) is 0. The zero-order chi connectivity index (χ0) is 13.1. The van der Waals surface area contributed by atoms with Crippen molar-refractivity contribution in [2.75, 3.05) is 0 Å².